The lowest BCUT2D eigenvalue weighted by Crippen LogP contribution is -2.36. The Morgan fingerprint density at radius 1 is 1.23 bits per heavy atom. The number of hydrogen-bond donors (Lipinski definition) is 2. The monoisotopic (exact) mass is 431 g/mol. The van der Waals surface area contributed by atoms with Gasteiger partial charge in [0.2, 0.25) is 5.91 Å². The largest absolute Gasteiger partial charge is 0.497 e. The number of nitrogens with one attached hydrogen (secondary N) is 2. The van der Waals surface area contributed by atoms with Gasteiger partial charge in [0, 0.05) is 38.2 Å². The number of carbonyl (C=O) groups is 3. The van der Waals surface area contributed by atoms with Gasteiger partial charge >= 0.3 is 0 Å². The lowest BCUT2D eigenvalue weighted by atomic mass is 9.89. The van der Waals surface area contributed by atoms with Crippen molar-refractivity contribution in [1.82, 2.24) is 10.3 Å². The molecule has 0 bridgehead atoms. The van der Waals surface area contributed by atoms with Gasteiger partial charge in [0.25, 0.3) is 5.91 Å². The molecule has 1 unspecified atom stereocenters. The molecule has 1 aromatic heterocycles. The van der Waals surface area contributed by atoms with Crippen LogP contribution in [0.3, 0.4) is 0 Å². The zero-order valence-electron chi connectivity index (χ0n) is 17.0. The van der Waals surface area contributed by atoms with E-state index in [9.17, 15) is 14.4 Å². The van der Waals surface area contributed by atoms with Crippen LogP contribution in [-0.4, -0.2) is 49.4 Å². The number of amides is 2. The summed E-state index contributed by atoms with van der Waals surface area (Å²) in [6.45, 7) is 3.67. The van der Waals surface area contributed by atoms with Crippen LogP contribution in [0.15, 0.2) is 24.3 Å². The third-order valence-electron chi connectivity index (χ3n) is 4.73. The standard InChI is InChI=1S/C21H25N3O5S/c1-3-29-10-4-9-22-19(26)14-11-16-18(17(25)12-14)30-21(23-16)24-20(27)13-5-7-15(28-2)8-6-13/h5-8,14H,3-4,9-12H2,1-2H3,(H,22,26)(H,23,24,27). The Kier molecular flexibility index (Phi) is 7.53. The van der Waals surface area contributed by atoms with Gasteiger partial charge in [-0.15, -0.1) is 0 Å². The van der Waals surface area contributed by atoms with Gasteiger partial charge in [-0.05, 0) is 37.6 Å². The number of benzene rings is 1. The van der Waals surface area contributed by atoms with E-state index < -0.39 is 5.92 Å². The molecular weight excluding hydrogens is 406 g/mol. The molecular formula is C21H25N3O5S. The summed E-state index contributed by atoms with van der Waals surface area (Å²) in [4.78, 5) is 42.2. The number of ether oxygens (including phenoxy) is 2. The van der Waals surface area contributed by atoms with Crippen molar-refractivity contribution in [2.45, 2.75) is 26.2 Å². The first-order valence-corrected chi connectivity index (χ1v) is 10.7. The first-order valence-electron chi connectivity index (χ1n) is 9.85. The van der Waals surface area contributed by atoms with Gasteiger partial charge in [0.1, 0.15) is 5.75 Å². The van der Waals surface area contributed by atoms with Crippen LogP contribution in [0.1, 0.15) is 45.5 Å². The van der Waals surface area contributed by atoms with E-state index in [2.05, 4.69) is 15.6 Å². The van der Waals surface area contributed by atoms with Gasteiger partial charge in [0.15, 0.2) is 10.9 Å². The summed E-state index contributed by atoms with van der Waals surface area (Å²) in [7, 11) is 1.56. The number of anilines is 1. The number of methoxy groups -OCH3 is 1. The number of rotatable bonds is 9. The maximum atomic E-state index is 12.5. The predicted octanol–water partition coefficient (Wildman–Crippen LogP) is 2.69. The van der Waals surface area contributed by atoms with E-state index in [0.717, 1.165) is 17.8 Å². The van der Waals surface area contributed by atoms with Crippen molar-refractivity contribution in [3.8, 4) is 5.75 Å². The Morgan fingerprint density at radius 3 is 2.70 bits per heavy atom. The SMILES string of the molecule is CCOCCCNC(=O)C1CC(=O)c2sc(NC(=O)c3ccc(OC)cc3)nc2C1. The fourth-order valence-corrected chi connectivity index (χ4v) is 4.09. The summed E-state index contributed by atoms with van der Waals surface area (Å²) in [5, 5.41) is 5.94. The smallest absolute Gasteiger partial charge is 0.257 e. The van der Waals surface area contributed by atoms with Gasteiger partial charge in [-0.1, -0.05) is 11.3 Å². The molecule has 1 heterocycles. The third kappa shape index (κ3) is 5.43. The number of nitrogens with zero attached hydrogens (tertiary/aromatic N) is 1. The van der Waals surface area contributed by atoms with E-state index in [4.69, 9.17) is 9.47 Å². The third-order valence-corrected chi connectivity index (χ3v) is 5.79. The number of fused-ring (bicyclic) bond motifs is 1. The van der Waals surface area contributed by atoms with Crippen LogP contribution in [0.5, 0.6) is 5.75 Å². The molecule has 3 rings (SSSR count). The van der Waals surface area contributed by atoms with Crippen molar-refractivity contribution >= 4 is 34.1 Å². The van der Waals surface area contributed by atoms with Crippen molar-refractivity contribution < 1.29 is 23.9 Å². The number of ketones is 1. The molecule has 1 aliphatic rings. The number of thiazole rings is 1. The van der Waals surface area contributed by atoms with Crippen molar-refractivity contribution in [1.29, 1.82) is 0 Å². The summed E-state index contributed by atoms with van der Waals surface area (Å²) in [5.41, 5.74) is 1.02. The van der Waals surface area contributed by atoms with E-state index in [1.165, 1.54) is 0 Å². The lowest BCUT2D eigenvalue weighted by molar-refractivity contribution is -0.125. The Labute approximate surface area is 179 Å². The molecule has 0 aliphatic heterocycles. The van der Waals surface area contributed by atoms with E-state index in [-0.39, 0.29) is 24.0 Å². The quantitative estimate of drug-likeness (QED) is 0.591. The van der Waals surface area contributed by atoms with Crippen LogP contribution in [0.2, 0.25) is 0 Å². The first kappa shape index (κ1) is 21.9. The van der Waals surface area contributed by atoms with Crippen molar-refractivity contribution in [3.05, 3.63) is 40.4 Å². The molecule has 0 spiro atoms. The molecule has 1 atom stereocenters. The van der Waals surface area contributed by atoms with E-state index in [1.807, 2.05) is 6.92 Å². The summed E-state index contributed by atoms with van der Waals surface area (Å²) >= 11 is 1.15. The second kappa shape index (κ2) is 10.3. The minimum absolute atomic E-state index is 0.117. The molecule has 160 valence electrons. The van der Waals surface area contributed by atoms with Crippen molar-refractivity contribution in [2.24, 2.45) is 5.92 Å². The Hall–Kier alpha value is -2.78. The topological polar surface area (TPSA) is 107 Å². The van der Waals surface area contributed by atoms with Crippen LogP contribution in [0.25, 0.3) is 0 Å². The highest BCUT2D eigenvalue weighted by molar-refractivity contribution is 7.17. The maximum absolute atomic E-state index is 12.5. The second-order valence-electron chi connectivity index (χ2n) is 6.85. The highest BCUT2D eigenvalue weighted by atomic mass is 32.1. The number of Topliss-reactive ketones (excluding diaryl/α,β-unsaturated/α-hetero) is 1. The van der Waals surface area contributed by atoms with Gasteiger partial charge in [-0.3, -0.25) is 19.7 Å². The van der Waals surface area contributed by atoms with E-state index in [1.54, 1.807) is 31.4 Å². The number of carbonyl (C=O) groups excluding carboxylic acids is 3. The number of aromatic nitrogens is 1. The zero-order valence-corrected chi connectivity index (χ0v) is 17.8. The van der Waals surface area contributed by atoms with Crippen LogP contribution >= 0.6 is 11.3 Å². The molecule has 1 aliphatic carbocycles. The zero-order chi connectivity index (χ0) is 21.5. The van der Waals surface area contributed by atoms with E-state index >= 15 is 0 Å². The average Bonchev–Trinajstić information content (AvgIpc) is 3.16. The Balaban J connectivity index is 1.59. The lowest BCUT2D eigenvalue weighted by Gasteiger charge is -2.19. The van der Waals surface area contributed by atoms with Gasteiger partial charge < -0.3 is 14.8 Å². The Morgan fingerprint density at radius 2 is 2.00 bits per heavy atom. The summed E-state index contributed by atoms with van der Waals surface area (Å²) in [5.74, 6) is -0.372. The molecule has 2 amide bonds. The fraction of sp³-hybridized carbons (Fsp3) is 0.429. The van der Waals surface area contributed by atoms with Crippen molar-refractivity contribution in [3.63, 3.8) is 0 Å². The summed E-state index contributed by atoms with van der Waals surface area (Å²) < 4.78 is 10.3. The molecule has 0 radical (unpaired) electrons. The van der Waals surface area contributed by atoms with Gasteiger partial charge in [-0.25, -0.2) is 4.98 Å². The number of hydrogen-bond acceptors (Lipinski definition) is 7. The second-order valence-corrected chi connectivity index (χ2v) is 7.85. The summed E-state index contributed by atoms with van der Waals surface area (Å²) in [6, 6.07) is 6.70. The van der Waals surface area contributed by atoms with Crippen molar-refractivity contribution in [2.75, 3.05) is 32.2 Å². The average molecular weight is 432 g/mol. The minimum atomic E-state index is -0.440. The van der Waals surface area contributed by atoms with E-state index in [0.29, 0.717) is 53.2 Å². The highest BCUT2D eigenvalue weighted by Crippen LogP contribution is 2.32. The minimum Gasteiger partial charge on any atom is -0.497 e. The normalized spacial score (nSPS) is 15.4. The maximum Gasteiger partial charge on any atom is 0.257 e. The Bertz CT molecular complexity index is 910. The molecule has 9 heteroatoms. The van der Waals surface area contributed by atoms with Gasteiger partial charge in [0.05, 0.1) is 23.6 Å². The van der Waals surface area contributed by atoms with Crippen LogP contribution in [0.4, 0.5) is 5.13 Å². The van der Waals surface area contributed by atoms with Crippen LogP contribution in [0, 0.1) is 5.92 Å². The molecule has 30 heavy (non-hydrogen) atoms. The van der Waals surface area contributed by atoms with Crippen LogP contribution in [-0.2, 0) is 16.0 Å². The molecule has 0 saturated carbocycles. The summed E-state index contributed by atoms with van der Waals surface area (Å²) in [6.07, 6.45) is 1.26. The molecule has 1 aromatic carbocycles. The molecule has 0 saturated heterocycles. The van der Waals surface area contributed by atoms with Gasteiger partial charge in [-0.2, -0.15) is 0 Å². The predicted molar refractivity (Wildman–Crippen MR) is 113 cm³/mol. The highest BCUT2D eigenvalue weighted by Gasteiger charge is 2.33. The first-order chi connectivity index (χ1) is 14.5. The molecule has 2 N–H and O–H groups in total. The molecule has 0 fully saturated rings. The fourth-order valence-electron chi connectivity index (χ4n) is 3.16. The molecule has 8 nitrogen and oxygen atoms in total. The molecule has 2 aromatic rings. The van der Waals surface area contributed by atoms with Crippen LogP contribution < -0.4 is 15.4 Å².